The summed E-state index contributed by atoms with van der Waals surface area (Å²) in [6.45, 7) is 3.57. The first-order valence-electron chi connectivity index (χ1n) is 11.8. The third-order valence-electron chi connectivity index (χ3n) is 6.54. The first-order chi connectivity index (χ1) is 16.5. The molecule has 4 atom stereocenters. The normalized spacial score (nSPS) is 22.6. The molecule has 0 aliphatic carbocycles. The molecule has 0 aromatic heterocycles. The van der Waals surface area contributed by atoms with Crippen LogP contribution in [-0.2, 0) is 31.9 Å². The molecular weight excluding hydrogens is 436 g/mol. The van der Waals surface area contributed by atoms with E-state index in [9.17, 15) is 19.8 Å². The summed E-state index contributed by atoms with van der Waals surface area (Å²) >= 11 is 0. The molecule has 8 heteroatoms. The molecule has 0 spiro atoms. The fourth-order valence-electron chi connectivity index (χ4n) is 4.71. The third kappa shape index (κ3) is 6.21. The second kappa shape index (κ2) is 11.6. The van der Waals surface area contributed by atoms with Crippen LogP contribution in [0.4, 0.5) is 0 Å². The molecule has 182 valence electrons. The van der Waals surface area contributed by atoms with Crippen molar-refractivity contribution in [1.82, 2.24) is 10.6 Å². The van der Waals surface area contributed by atoms with Crippen LogP contribution in [0, 0.1) is 11.8 Å². The number of morpholine rings is 2. The van der Waals surface area contributed by atoms with Crippen molar-refractivity contribution >= 4 is 11.9 Å². The summed E-state index contributed by atoms with van der Waals surface area (Å²) in [5, 5.41) is 26.0. The lowest BCUT2D eigenvalue weighted by Crippen LogP contribution is -2.45. The van der Waals surface area contributed by atoms with Gasteiger partial charge in [-0.05, 0) is 35.1 Å². The van der Waals surface area contributed by atoms with Crippen LogP contribution in [0.15, 0.2) is 48.5 Å². The van der Waals surface area contributed by atoms with E-state index in [-0.39, 0.29) is 12.2 Å². The zero-order chi connectivity index (χ0) is 23.9. The molecular formula is C26H32N2O6. The highest BCUT2D eigenvalue weighted by atomic mass is 16.5. The van der Waals surface area contributed by atoms with E-state index in [2.05, 4.69) is 10.6 Å². The quantitative estimate of drug-likeness (QED) is 0.440. The lowest BCUT2D eigenvalue weighted by molar-refractivity contribution is -0.149. The van der Waals surface area contributed by atoms with Gasteiger partial charge in [-0.3, -0.25) is 9.59 Å². The second-order valence-electron chi connectivity index (χ2n) is 8.93. The second-order valence-corrected chi connectivity index (χ2v) is 8.93. The van der Waals surface area contributed by atoms with Crippen LogP contribution < -0.4 is 10.6 Å². The SMILES string of the molecule is O=C(O)C(Cc1cccc(-c2cccc(CC(C(=O)O)C3CNCCO3)c2)c1)C1CNCCO1. The van der Waals surface area contributed by atoms with E-state index in [1.807, 2.05) is 48.5 Å². The van der Waals surface area contributed by atoms with E-state index < -0.39 is 23.8 Å². The van der Waals surface area contributed by atoms with Gasteiger partial charge in [0.25, 0.3) is 0 Å². The molecule has 2 fully saturated rings. The van der Waals surface area contributed by atoms with Gasteiger partial charge in [-0.25, -0.2) is 0 Å². The van der Waals surface area contributed by atoms with Crippen LogP contribution in [0.25, 0.3) is 11.1 Å². The summed E-state index contributed by atoms with van der Waals surface area (Å²) in [7, 11) is 0. The van der Waals surface area contributed by atoms with Crippen LogP contribution in [0.5, 0.6) is 0 Å². The summed E-state index contributed by atoms with van der Waals surface area (Å²) in [4.78, 5) is 23.8. The van der Waals surface area contributed by atoms with Crippen LogP contribution in [0.2, 0.25) is 0 Å². The Hall–Kier alpha value is -2.78. The number of rotatable bonds is 9. The Morgan fingerprint density at radius 1 is 0.794 bits per heavy atom. The van der Waals surface area contributed by atoms with E-state index in [1.54, 1.807) is 0 Å². The Kier molecular flexibility index (Phi) is 8.29. The molecule has 0 radical (unpaired) electrons. The predicted molar refractivity (Wildman–Crippen MR) is 127 cm³/mol. The van der Waals surface area contributed by atoms with Crippen molar-refractivity contribution in [3.05, 3.63) is 59.7 Å². The number of nitrogens with one attached hydrogen (secondary N) is 2. The topological polar surface area (TPSA) is 117 Å². The fraction of sp³-hybridized carbons (Fsp3) is 0.462. The summed E-state index contributed by atoms with van der Waals surface area (Å²) in [5.41, 5.74) is 3.78. The number of carboxylic acid groups (broad SMARTS) is 2. The average Bonchev–Trinajstić information content (AvgIpc) is 2.87. The molecule has 4 unspecified atom stereocenters. The van der Waals surface area contributed by atoms with E-state index in [1.165, 1.54) is 0 Å². The van der Waals surface area contributed by atoms with Crippen molar-refractivity contribution < 1.29 is 29.3 Å². The van der Waals surface area contributed by atoms with Gasteiger partial charge in [-0.1, -0.05) is 48.5 Å². The first-order valence-corrected chi connectivity index (χ1v) is 11.8. The van der Waals surface area contributed by atoms with Gasteiger partial charge in [-0.2, -0.15) is 0 Å². The molecule has 4 rings (SSSR count). The van der Waals surface area contributed by atoms with Gasteiger partial charge in [0, 0.05) is 26.2 Å². The van der Waals surface area contributed by atoms with Gasteiger partial charge in [0.1, 0.15) is 0 Å². The van der Waals surface area contributed by atoms with Gasteiger partial charge in [0.05, 0.1) is 37.3 Å². The molecule has 0 bridgehead atoms. The Labute approximate surface area is 199 Å². The molecule has 4 N–H and O–H groups in total. The molecule has 8 nitrogen and oxygen atoms in total. The highest BCUT2D eigenvalue weighted by Crippen LogP contribution is 2.26. The number of carboxylic acids is 2. The Bertz CT molecular complexity index is 905. The maximum absolute atomic E-state index is 11.9. The third-order valence-corrected chi connectivity index (χ3v) is 6.54. The molecule has 2 aliphatic heterocycles. The number of ether oxygens (including phenoxy) is 2. The molecule has 2 aromatic rings. The summed E-state index contributed by atoms with van der Waals surface area (Å²) in [6, 6.07) is 15.7. The number of carbonyl (C=O) groups is 2. The smallest absolute Gasteiger partial charge is 0.309 e. The standard InChI is InChI=1S/C26H32N2O6/c29-25(30)21(23-15-27-7-9-33-23)13-17-3-1-5-19(11-17)20-6-2-4-18(12-20)14-22(26(31)32)24-16-28-8-10-34-24/h1-6,11-12,21-24,27-28H,7-10,13-16H2,(H,29,30)(H,31,32). The van der Waals surface area contributed by atoms with Crippen molar-refractivity contribution in [3.63, 3.8) is 0 Å². The van der Waals surface area contributed by atoms with Crippen LogP contribution in [-0.4, -0.2) is 73.8 Å². The molecule has 0 saturated carbocycles. The zero-order valence-corrected chi connectivity index (χ0v) is 19.1. The maximum Gasteiger partial charge on any atom is 0.309 e. The Balaban J connectivity index is 1.50. The number of aliphatic carboxylic acids is 2. The molecule has 2 aliphatic rings. The molecule has 2 saturated heterocycles. The fourth-order valence-corrected chi connectivity index (χ4v) is 4.71. The minimum absolute atomic E-state index is 0.359. The monoisotopic (exact) mass is 468 g/mol. The lowest BCUT2D eigenvalue weighted by atomic mass is 9.90. The van der Waals surface area contributed by atoms with Crippen molar-refractivity contribution in [3.8, 4) is 11.1 Å². The van der Waals surface area contributed by atoms with E-state index in [0.29, 0.717) is 39.1 Å². The lowest BCUT2D eigenvalue weighted by Gasteiger charge is -2.29. The Morgan fingerprint density at radius 2 is 1.24 bits per heavy atom. The van der Waals surface area contributed by atoms with Gasteiger partial charge < -0.3 is 30.3 Å². The van der Waals surface area contributed by atoms with Gasteiger partial charge in [-0.15, -0.1) is 0 Å². The van der Waals surface area contributed by atoms with Gasteiger partial charge >= 0.3 is 11.9 Å². The van der Waals surface area contributed by atoms with E-state index >= 15 is 0 Å². The van der Waals surface area contributed by atoms with Crippen molar-refractivity contribution in [2.45, 2.75) is 25.0 Å². The van der Waals surface area contributed by atoms with Crippen molar-refractivity contribution in [2.24, 2.45) is 11.8 Å². The number of benzene rings is 2. The first kappa shape index (κ1) is 24.3. The number of hydrogen-bond donors (Lipinski definition) is 4. The predicted octanol–water partition coefficient (Wildman–Crippen LogP) is 1.82. The van der Waals surface area contributed by atoms with Crippen molar-refractivity contribution in [1.29, 1.82) is 0 Å². The Morgan fingerprint density at radius 3 is 1.59 bits per heavy atom. The summed E-state index contributed by atoms with van der Waals surface area (Å²) in [6.07, 6.45) is 0.0373. The van der Waals surface area contributed by atoms with E-state index in [4.69, 9.17) is 9.47 Å². The van der Waals surface area contributed by atoms with Crippen LogP contribution in [0.1, 0.15) is 11.1 Å². The van der Waals surface area contributed by atoms with Crippen LogP contribution in [0.3, 0.4) is 0 Å². The van der Waals surface area contributed by atoms with Crippen molar-refractivity contribution in [2.75, 3.05) is 39.4 Å². The summed E-state index contributed by atoms with van der Waals surface area (Å²) < 4.78 is 11.4. The average molecular weight is 469 g/mol. The highest BCUT2D eigenvalue weighted by Gasteiger charge is 2.31. The zero-order valence-electron chi connectivity index (χ0n) is 19.1. The highest BCUT2D eigenvalue weighted by molar-refractivity contribution is 5.72. The van der Waals surface area contributed by atoms with Crippen LogP contribution >= 0.6 is 0 Å². The molecule has 34 heavy (non-hydrogen) atoms. The van der Waals surface area contributed by atoms with Gasteiger partial charge in [0.15, 0.2) is 0 Å². The minimum atomic E-state index is -0.861. The maximum atomic E-state index is 11.9. The van der Waals surface area contributed by atoms with Gasteiger partial charge in [0.2, 0.25) is 0 Å². The van der Waals surface area contributed by atoms with E-state index in [0.717, 1.165) is 35.3 Å². The molecule has 0 amide bonds. The number of hydrogen-bond acceptors (Lipinski definition) is 6. The molecule has 2 aromatic carbocycles. The summed E-state index contributed by atoms with van der Waals surface area (Å²) in [5.74, 6) is -2.98. The largest absolute Gasteiger partial charge is 0.481 e. The minimum Gasteiger partial charge on any atom is -0.481 e. The molecule has 2 heterocycles.